The van der Waals surface area contributed by atoms with Crippen molar-refractivity contribution in [1.29, 1.82) is 0 Å². The molecule has 4 amide bonds. The minimum Gasteiger partial charge on any atom is -0.368 e. The highest BCUT2D eigenvalue weighted by Crippen LogP contribution is 2.21. The molecule has 0 saturated carbocycles. The van der Waals surface area contributed by atoms with Crippen LogP contribution in [0.1, 0.15) is 37.8 Å². The first-order valence-electron chi connectivity index (χ1n) is 9.49. The number of aromatic nitrogens is 2. The van der Waals surface area contributed by atoms with Crippen molar-refractivity contribution >= 4 is 23.6 Å². The topological polar surface area (TPSA) is 141 Å². The summed E-state index contributed by atoms with van der Waals surface area (Å²) in [7, 11) is 1.59. The third-order valence-corrected chi connectivity index (χ3v) is 5.48. The predicted molar refractivity (Wildman–Crippen MR) is 98.6 cm³/mol. The van der Waals surface area contributed by atoms with Gasteiger partial charge in [-0.05, 0) is 19.3 Å². The van der Waals surface area contributed by atoms with Crippen LogP contribution >= 0.6 is 0 Å². The number of nitrogens with one attached hydrogen (secondary N) is 2. The smallest absolute Gasteiger partial charge is 0.246 e. The monoisotopic (exact) mass is 390 g/mol. The molecule has 0 bridgehead atoms. The molecule has 0 aliphatic carbocycles. The van der Waals surface area contributed by atoms with Crippen molar-refractivity contribution in [3.8, 4) is 0 Å². The van der Waals surface area contributed by atoms with Crippen LogP contribution in [-0.4, -0.2) is 75.1 Å². The number of likely N-dealkylation sites (tertiary alicyclic amines) is 1. The van der Waals surface area contributed by atoms with E-state index in [9.17, 15) is 19.2 Å². The quantitative estimate of drug-likeness (QED) is 0.484. The van der Waals surface area contributed by atoms with E-state index in [0.717, 1.165) is 5.69 Å². The number of nitrogens with zero attached hydrogens (tertiary/aromatic N) is 3. The summed E-state index contributed by atoms with van der Waals surface area (Å²) < 4.78 is 0. The van der Waals surface area contributed by atoms with Crippen LogP contribution < -0.4 is 11.1 Å². The van der Waals surface area contributed by atoms with Crippen LogP contribution in [0.25, 0.3) is 0 Å². The van der Waals surface area contributed by atoms with Gasteiger partial charge in [0, 0.05) is 50.8 Å². The lowest BCUT2D eigenvalue weighted by atomic mass is 10.00. The number of likely N-dealkylation sites (N-methyl/N-ethyl adjacent to an activating group) is 1. The molecule has 4 N–H and O–H groups in total. The normalized spacial score (nSPS) is 22.3. The van der Waals surface area contributed by atoms with Gasteiger partial charge in [-0.25, -0.2) is 4.98 Å². The number of amides is 4. The first-order valence-corrected chi connectivity index (χ1v) is 9.49. The SMILES string of the molecule is CN(C(=O)CCC1CC(=O)N1)[C@@H](Cc1cnc[nH]1)C(=O)N1CCC[C@H]1C(N)=O. The maximum absolute atomic E-state index is 13.2. The molecule has 3 rings (SSSR count). The van der Waals surface area contributed by atoms with E-state index >= 15 is 0 Å². The number of primary amides is 1. The molecule has 0 spiro atoms. The van der Waals surface area contributed by atoms with Crippen molar-refractivity contribution < 1.29 is 19.2 Å². The second-order valence-corrected chi connectivity index (χ2v) is 7.40. The Kier molecular flexibility index (Phi) is 5.96. The number of carbonyl (C=O) groups excluding carboxylic acids is 4. The van der Waals surface area contributed by atoms with Crippen molar-refractivity contribution in [2.75, 3.05) is 13.6 Å². The number of H-pyrrole nitrogens is 1. The van der Waals surface area contributed by atoms with E-state index in [1.807, 2.05) is 0 Å². The maximum Gasteiger partial charge on any atom is 0.246 e. The van der Waals surface area contributed by atoms with E-state index in [2.05, 4.69) is 15.3 Å². The summed E-state index contributed by atoms with van der Waals surface area (Å²) in [6, 6.07) is -1.38. The lowest BCUT2D eigenvalue weighted by molar-refractivity contribution is -0.147. The molecule has 28 heavy (non-hydrogen) atoms. The van der Waals surface area contributed by atoms with Gasteiger partial charge in [-0.2, -0.15) is 0 Å². The zero-order valence-corrected chi connectivity index (χ0v) is 15.9. The van der Waals surface area contributed by atoms with Gasteiger partial charge in [-0.15, -0.1) is 0 Å². The number of hydrogen-bond donors (Lipinski definition) is 3. The number of carbonyl (C=O) groups is 4. The van der Waals surface area contributed by atoms with Gasteiger partial charge in [0.2, 0.25) is 23.6 Å². The summed E-state index contributed by atoms with van der Waals surface area (Å²) in [6.45, 7) is 0.446. The first-order chi connectivity index (χ1) is 13.4. The van der Waals surface area contributed by atoms with Crippen LogP contribution in [0.15, 0.2) is 12.5 Å². The molecule has 2 saturated heterocycles. The Morgan fingerprint density at radius 2 is 2.18 bits per heavy atom. The van der Waals surface area contributed by atoms with E-state index in [4.69, 9.17) is 5.73 Å². The fourth-order valence-electron chi connectivity index (χ4n) is 3.76. The molecule has 1 aromatic heterocycles. The zero-order valence-electron chi connectivity index (χ0n) is 15.9. The average Bonchev–Trinajstić information content (AvgIpc) is 3.32. The summed E-state index contributed by atoms with van der Waals surface area (Å²) in [4.78, 5) is 58.4. The highest BCUT2D eigenvalue weighted by atomic mass is 16.2. The number of hydrogen-bond acceptors (Lipinski definition) is 5. The molecule has 2 aliphatic rings. The van der Waals surface area contributed by atoms with Crippen molar-refractivity contribution in [2.45, 2.75) is 56.7 Å². The van der Waals surface area contributed by atoms with Crippen molar-refractivity contribution in [3.05, 3.63) is 18.2 Å². The second-order valence-electron chi connectivity index (χ2n) is 7.40. The molecule has 10 nitrogen and oxygen atoms in total. The number of nitrogens with two attached hydrogens (primary N) is 1. The molecule has 3 heterocycles. The van der Waals surface area contributed by atoms with Crippen LogP contribution in [-0.2, 0) is 25.6 Å². The third-order valence-electron chi connectivity index (χ3n) is 5.48. The second kappa shape index (κ2) is 8.41. The molecule has 0 radical (unpaired) electrons. The molecule has 152 valence electrons. The molecule has 1 unspecified atom stereocenters. The van der Waals surface area contributed by atoms with Gasteiger partial charge >= 0.3 is 0 Å². The number of aromatic amines is 1. The van der Waals surface area contributed by atoms with E-state index in [1.54, 1.807) is 13.2 Å². The predicted octanol–water partition coefficient (Wildman–Crippen LogP) is -1.08. The van der Waals surface area contributed by atoms with E-state index in [1.165, 1.54) is 16.1 Å². The van der Waals surface area contributed by atoms with Crippen LogP contribution in [0.3, 0.4) is 0 Å². The Morgan fingerprint density at radius 1 is 1.43 bits per heavy atom. The lowest BCUT2D eigenvalue weighted by Gasteiger charge is -2.33. The van der Waals surface area contributed by atoms with Gasteiger partial charge < -0.3 is 25.8 Å². The molecule has 2 aliphatic heterocycles. The highest BCUT2D eigenvalue weighted by Gasteiger charge is 2.39. The molecule has 2 fully saturated rings. The molecule has 10 heteroatoms. The minimum atomic E-state index is -0.760. The number of imidazole rings is 1. The van der Waals surface area contributed by atoms with Gasteiger partial charge in [0.05, 0.1) is 6.33 Å². The van der Waals surface area contributed by atoms with Crippen LogP contribution in [0.4, 0.5) is 0 Å². The maximum atomic E-state index is 13.2. The van der Waals surface area contributed by atoms with Gasteiger partial charge in [-0.3, -0.25) is 19.2 Å². The Balaban J connectivity index is 1.70. The summed E-state index contributed by atoms with van der Waals surface area (Å²) in [5.74, 6) is -1.01. The molecular formula is C18H26N6O4. The van der Waals surface area contributed by atoms with E-state index in [0.29, 0.717) is 32.2 Å². The van der Waals surface area contributed by atoms with Gasteiger partial charge in [0.15, 0.2) is 0 Å². The Hall–Kier alpha value is -2.91. The fraction of sp³-hybridized carbons (Fsp3) is 0.611. The number of β-lactam (4-membered cyclic amide) rings is 1. The van der Waals surface area contributed by atoms with Crippen LogP contribution in [0.2, 0.25) is 0 Å². The summed E-state index contributed by atoms with van der Waals surface area (Å²) in [5.41, 5.74) is 6.17. The van der Waals surface area contributed by atoms with Crippen molar-refractivity contribution in [3.63, 3.8) is 0 Å². The van der Waals surface area contributed by atoms with Crippen LogP contribution in [0, 0.1) is 0 Å². The molecule has 1 aromatic rings. The van der Waals surface area contributed by atoms with Gasteiger partial charge in [0.25, 0.3) is 0 Å². The van der Waals surface area contributed by atoms with Gasteiger partial charge in [0.1, 0.15) is 12.1 Å². The Bertz CT molecular complexity index is 741. The fourth-order valence-corrected chi connectivity index (χ4v) is 3.76. The van der Waals surface area contributed by atoms with E-state index in [-0.39, 0.29) is 36.6 Å². The van der Waals surface area contributed by atoms with E-state index < -0.39 is 18.0 Å². The highest BCUT2D eigenvalue weighted by molar-refractivity contribution is 5.92. The van der Waals surface area contributed by atoms with Crippen molar-refractivity contribution in [2.24, 2.45) is 5.73 Å². The van der Waals surface area contributed by atoms with Crippen LogP contribution in [0.5, 0.6) is 0 Å². The molecular weight excluding hydrogens is 364 g/mol. The number of rotatable bonds is 8. The lowest BCUT2D eigenvalue weighted by Crippen LogP contribution is -2.54. The zero-order chi connectivity index (χ0) is 20.3. The summed E-state index contributed by atoms with van der Waals surface area (Å²) in [6.07, 6.45) is 5.83. The average molecular weight is 390 g/mol. The largest absolute Gasteiger partial charge is 0.368 e. The Labute approximate surface area is 162 Å². The first kappa shape index (κ1) is 19.8. The summed E-state index contributed by atoms with van der Waals surface area (Å²) in [5, 5.41) is 2.74. The third kappa shape index (κ3) is 4.32. The molecule has 3 atom stereocenters. The van der Waals surface area contributed by atoms with Gasteiger partial charge in [-0.1, -0.05) is 0 Å². The van der Waals surface area contributed by atoms with Crippen molar-refractivity contribution in [1.82, 2.24) is 25.1 Å². The molecule has 0 aromatic carbocycles. The standard InChI is InChI=1S/C18H26N6O4/c1-23(16(26)5-4-11-8-15(25)22-11)14(7-12-9-20-10-21-12)18(28)24-6-2-3-13(24)17(19)27/h9-11,13-14H,2-8H2,1H3,(H2,19,27)(H,20,21)(H,22,25)/t11?,13-,14-/m0/s1. The minimum absolute atomic E-state index is 0.00960. The Morgan fingerprint density at radius 3 is 2.79 bits per heavy atom. The summed E-state index contributed by atoms with van der Waals surface area (Å²) >= 11 is 0.